The van der Waals surface area contributed by atoms with Crippen molar-refractivity contribution < 1.29 is 26.9 Å². The van der Waals surface area contributed by atoms with E-state index in [1.54, 1.807) is 17.5 Å². The molecule has 0 saturated heterocycles. The summed E-state index contributed by atoms with van der Waals surface area (Å²) in [5.74, 6) is 0.412. The normalized spacial score (nSPS) is 19.5. The summed E-state index contributed by atoms with van der Waals surface area (Å²) in [5, 5.41) is 20.5. The van der Waals surface area contributed by atoms with E-state index in [4.69, 9.17) is 25.3 Å². The number of halogens is 1. The molecule has 3 heterocycles. The molecule has 1 aliphatic rings. The van der Waals surface area contributed by atoms with Crippen molar-refractivity contribution in [3.8, 4) is 0 Å². The molecule has 1 fully saturated rings. The number of furan rings is 1. The molecule has 0 spiro atoms. The van der Waals surface area contributed by atoms with E-state index in [2.05, 4.69) is 15.3 Å². The van der Waals surface area contributed by atoms with E-state index in [1.165, 1.54) is 29.9 Å². The van der Waals surface area contributed by atoms with Crippen LogP contribution in [0.2, 0.25) is 5.22 Å². The van der Waals surface area contributed by atoms with Crippen LogP contribution in [-0.4, -0.2) is 41.9 Å². The van der Waals surface area contributed by atoms with Crippen LogP contribution in [0.15, 0.2) is 40.5 Å². The summed E-state index contributed by atoms with van der Waals surface area (Å²) in [4.78, 5) is 21.8. The molecule has 4 rings (SSSR count). The molecule has 3 atom stereocenters. The highest BCUT2D eigenvalue weighted by Crippen LogP contribution is 2.32. The number of aliphatic hydroxyl groups excluding tert-OH is 1. The summed E-state index contributed by atoms with van der Waals surface area (Å²) < 4.78 is 31.9. The Hall–Kier alpha value is -2.35. The number of hydrogen-bond acceptors (Lipinski definition) is 10. The maximum absolute atomic E-state index is 13.2. The number of carbonyl (C=O) groups excluding carboxylic acids is 1. The first-order chi connectivity index (χ1) is 15.7. The van der Waals surface area contributed by atoms with Crippen molar-refractivity contribution in [2.75, 3.05) is 11.9 Å². The molecule has 13 heteroatoms. The molecule has 3 aromatic rings. The van der Waals surface area contributed by atoms with Gasteiger partial charge in [0.2, 0.25) is 5.78 Å². The Morgan fingerprint density at radius 2 is 2.24 bits per heavy atom. The number of hydrogen-bond donors (Lipinski definition) is 3. The SMILES string of the molecule is NS(=O)(=O)OC[C@@H]1CC[C@H](Nc2ncncc2C(=O)c2cc(C(O)c3ccc(Cl)o3)cs2)C1. The zero-order valence-corrected chi connectivity index (χ0v) is 19.6. The summed E-state index contributed by atoms with van der Waals surface area (Å²) in [6, 6.07) is 4.69. The van der Waals surface area contributed by atoms with E-state index in [9.17, 15) is 18.3 Å². The third kappa shape index (κ3) is 5.96. The van der Waals surface area contributed by atoms with E-state index in [1.807, 2.05) is 0 Å². The van der Waals surface area contributed by atoms with E-state index < -0.39 is 16.4 Å². The predicted molar refractivity (Wildman–Crippen MR) is 121 cm³/mol. The fourth-order valence-electron chi connectivity index (χ4n) is 3.74. The van der Waals surface area contributed by atoms with E-state index in [0.717, 1.165) is 12.8 Å². The van der Waals surface area contributed by atoms with Crippen molar-refractivity contribution in [3.63, 3.8) is 0 Å². The van der Waals surface area contributed by atoms with Gasteiger partial charge in [0.15, 0.2) is 5.22 Å². The maximum atomic E-state index is 13.2. The van der Waals surface area contributed by atoms with Gasteiger partial charge in [-0.15, -0.1) is 11.3 Å². The lowest BCUT2D eigenvalue weighted by molar-refractivity contribution is 0.104. The fourth-order valence-corrected chi connectivity index (χ4v) is 5.15. The molecule has 33 heavy (non-hydrogen) atoms. The maximum Gasteiger partial charge on any atom is 0.333 e. The number of nitrogens with two attached hydrogens (primary N) is 1. The molecule has 10 nitrogen and oxygen atoms in total. The van der Waals surface area contributed by atoms with Gasteiger partial charge in [0, 0.05) is 12.2 Å². The lowest BCUT2D eigenvalue weighted by atomic mass is 10.1. The van der Waals surface area contributed by atoms with Gasteiger partial charge in [-0.05, 0) is 65.9 Å². The fraction of sp³-hybridized carbons (Fsp3) is 0.350. The van der Waals surface area contributed by atoms with E-state index in [0.29, 0.717) is 28.2 Å². The second-order valence-electron chi connectivity index (χ2n) is 7.70. The van der Waals surface area contributed by atoms with Gasteiger partial charge in [0.05, 0.1) is 17.0 Å². The summed E-state index contributed by atoms with van der Waals surface area (Å²) in [5.41, 5.74) is 0.805. The Labute approximate surface area is 199 Å². The Morgan fingerprint density at radius 3 is 2.97 bits per heavy atom. The van der Waals surface area contributed by atoms with E-state index in [-0.39, 0.29) is 35.3 Å². The number of nitrogens with one attached hydrogen (secondary N) is 1. The highest BCUT2D eigenvalue weighted by atomic mass is 35.5. The number of anilines is 1. The van der Waals surface area contributed by atoms with Crippen molar-refractivity contribution in [1.29, 1.82) is 0 Å². The van der Waals surface area contributed by atoms with Crippen LogP contribution in [0.5, 0.6) is 0 Å². The molecule has 1 aliphatic carbocycles. The van der Waals surface area contributed by atoms with Crippen LogP contribution in [-0.2, 0) is 14.5 Å². The summed E-state index contributed by atoms with van der Waals surface area (Å²) >= 11 is 6.96. The molecule has 0 radical (unpaired) electrons. The second-order valence-corrected chi connectivity index (χ2v) is 10.2. The van der Waals surface area contributed by atoms with Crippen LogP contribution in [0.4, 0.5) is 5.82 Å². The van der Waals surface area contributed by atoms with Gasteiger partial charge >= 0.3 is 10.3 Å². The molecule has 0 aliphatic heterocycles. The lowest BCUT2D eigenvalue weighted by Gasteiger charge is -2.15. The first-order valence-corrected chi connectivity index (χ1v) is 12.7. The monoisotopic (exact) mass is 512 g/mol. The molecule has 1 saturated carbocycles. The Balaban J connectivity index is 1.44. The summed E-state index contributed by atoms with van der Waals surface area (Å²) in [7, 11) is -3.97. The zero-order valence-electron chi connectivity index (χ0n) is 17.2. The molecule has 3 aromatic heterocycles. The second kappa shape index (κ2) is 9.87. The van der Waals surface area contributed by atoms with Gasteiger partial charge in [0.25, 0.3) is 0 Å². The molecule has 4 N–H and O–H groups in total. The average Bonchev–Trinajstić information content (AvgIpc) is 3.52. The minimum absolute atomic E-state index is 0.00931. The van der Waals surface area contributed by atoms with Gasteiger partial charge in [-0.25, -0.2) is 15.1 Å². The quantitative estimate of drug-likeness (QED) is 0.366. The number of aliphatic hydroxyl groups is 1. The third-order valence-corrected chi connectivity index (χ3v) is 6.94. The third-order valence-electron chi connectivity index (χ3n) is 5.33. The number of ketones is 1. The first kappa shape index (κ1) is 23.8. The molecule has 0 bridgehead atoms. The van der Waals surface area contributed by atoms with Crippen LogP contribution in [0.25, 0.3) is 0 Å². The van der Waals surface area contributed by atoms with Crippen molar-refractivity contribution in [1.82, 2.24) is 9.97 Å². The number of carbonyl (C=O) groups is 1. The smallest absolute Gasteiger partial charge is 0.333 e. The van der Waals surface area contributed by atoms with Crippen molar-refractivity contribution in [3.05, 3.63) is 63.1 Å². The van der Waals surface area contributed by atoms with Gasteiger partial charge in [-0.2, -0.15) is 8.42 Å². The van der Waals surface area contributed by atoms with Crippen LogP contribution < -0.4 is 10.5 Å². The van der Waals surface area contributed by atoms with Gasteiger partial charge in [-0.1, -0.05) is 0 Å². The van der Waals surface area contributed by atoms with Gasteiger partial charge < -0.3 is 14.8 Å². The summed E-state index contributed by atoms with van der Waals surface area (Å²) in [6.07, 6.45) is 3.90. The number of aromatic nitrogens is 2. The molecule has 176 valence electrons. The zero-order chi connectivity index (χ0) is 23.6. The summed E-state index contributed by atoms with van der Waals surface area (Å²) in [6.45, 7) is 0.0216. The molecular formula is C20H21ClN4O6S2. The van der Waals surface area contributed by atoms with Crippen molar-refractivity contribution in [2.45, 2.75) is 31.4 Å². The van der Waals surface area contributed by atoms with Crippen LogP contribution >= 0.6 is 22.9 Å². The number of thiophene rings is 1. The largest absolute Gasteiger partial charge is 0.447 e. The number of nitrogens with zero attached hydrogens (tertiary/aromatic N) is 2. The molecule has 1 unspecified atom stereocenters. The highest BCUT2D eigenvalue weighted by molar-refractivity contribution is 7.84. The minimum atomic E-state index is -3.97. The van der Waals surface area contributed by atoms with Crippen LogP contribution in [0.3, 0.4) is 0 Å². The Bertz CT molecular complexity index is 1240. The first-order valence-electron chi connectivity index (χ1n) is 9.99. The average molecular weight is 513 g/mol. The predicted octanol–water partition coefficient (Wildman–Crippen LogP) is 2.90. The van der Waals surface area contributed by atoms with Crippen LogP contribution in [0, 0.1) is 5.92 Å². The molecule has 0 aromatic carbocycles. The minimum Gasteiger partial charge on any atom is -0.447 e. The highest BCUT2D eigenvalue weighted by Gasteiger charge is 2.28. The Kier molecular flexibility index (Phi) is 7.12. The topological polar surface area (TPSA) is 158 Å². The van der Waals surface area contributed by atoms with Crippen molar-refractivity contribution >= 4 is 44.8 Å². The van der Waals surface area contributed by atoms with Crippen LogP contribution in [0.1, 0.15) is 51.9 Å². The van der Waals surface area contributed by atoms with Gasteiger partial charge in [-0.3, -0.25) is 8.98 Å². The Morgan fingerprint density at radius 1 is 1.42 bits per heavy atom. The number of rotatable bonds is 9. The lowest BCUT2D eigenvalue weighted by Crippen LogP contribution is -2.22. The van der Waals surface area contributed by atoms with E-state index >= 15 is 0 Å². The molecule has 0 amide bonds. The van der Waals surface area contributed by atoms with Gasteiger partial charge in [0.1, 0.15) is 24.0 Å². The molecular weight excluding hydrogens is 492 g/mol. The standard InChI is InChI=1S/C20H21ClN4O6S2/c21-17-4-3-15(31-17)18(26)12-6-16(32-9-12)19(27)14-7-23-10-24-20(14)25-13-2-1-11(5-13)8-30-33(22,28)29/h3-4,6-7,9-11,13,18,26H,1-2,5,8H2,(H2,22,28,29)(H,23,24,25)/t11-,13+,18?/m1/s1. The van der Waals surface area contributed by atoms with Crippen molar-refractivity contribution in [2.24, 2.45) is 11.1 Å².